The lowest BCUT2D eigenvalue weighted by Gasteiger charge is -2.07. The number of carbonyl (C=O) groups is 2. The standard InChI is InChI=1S/C24H21N3O2/c28-23(19-12-10-18(11-13-19)17-6-2-1-3-7-17)25-14-15-26-24(29)22-16-20-8-4-5-9-21(20)27-22/h1-13,16,27H,14-15H2,(H,25,28)(H,26,29). The Morgan fingerprint density at radius 1 is 0.690 bits per heavy atom. The summed E-state index contributed by atoms with van der Waals surface area (Å²) in [5.41, 5.74) is 4.19. The molecule has 0 saturated carbocycles. The molecular weight excluding hydrogens is 362 g/mol. The molecule has 5 heteroatoms. The second kappa shape index (κ2) is 8.44. The summed E-state index contributed by atoms with van der Waals surface area (Å²) in [5.74, 6) is -0.355. The van der Waals surface area contributed by atoms with Crippen molar-refractivity contribution in [3.05, 3.63) is 96.2 Å². The molecule has 1 aromatic heterocycles. The highest BCUT2D eigenvalue weighted by Gasteiger charge is 2.09. The zero-order chi connectivity index (χ0) is 20.1. The minimum absolute atomic E-state index is 0.163. The van der Waals surface area contributed by atoms with E-state index in [-0.39, 0.29) is 11.8 Å². The molecule has 0 fully saturated rings. The van der Waals surface area contributed by atoms with Gasteiger partial charge in [0.1, 0.15) is 5.69 Å². The van der Waals surface area contributed by atoms with Crippen LogP contribution in [0, 0.1) is 0 Å². The maximum Gasteiger partial charge on any atom is 0.267 e. The number of nitrogens with one attached hydrogen (secondary N) is 3. The zero-order valence-corrected chi connectivity index (χ0v) is 15.8. The number of para-hydroxylation sites is 1. The molecule has 0 aliphatic carbocycles. The van der Waals surface area contributed by atoms with Crippen LogP contribution in [-0.2, 0) is 0 Å². The summed E-state index contributed by atoms with van der Waals surface area (Å²) in [6.45, 7) is 0.702. The third-order valence-corrected chi connectivity index (χ3v) is 4.72. The number of fused-ring (bicyclic) bond motifs is 1. The van der Waals surface area contributed by atoms with Crippen molar-refractivity contribution in [2.24, 2.45) is 0 Å². The summed E-state index contributed by atoms with van der Waals surface area (Å²) in [6.07, 6.45) is 0. The van der Waals surface area contributed by atoms with Gasteiger partial charge in [0.25, 0.3) is 11.8 Å². The van der Waals surface area contributed by atoms with Gasteiger partial charge in [0.05, 0.1) is 0 Å². The molecule has 0 bridgehead atoms. The minimum atomic E-state index is -0.192. The van der Waals surface area contributed by atoms with E-state index in [0.29, 0.717) is 24.3 Å². The van der Waals surface area contributed by atoms with Crippen molar-refractivity contribution >= 4 is 22.7 Å². The van der Waals surface area contributed by atoms with E-state index >= 15 is 0 Å². The third kappa shape index (κ3) is 4.35. The second-order valence-corrected chi connectivity index (χ2v) is 6.73. The lowest BCUT2D eigenvalue weighted by Crippen LogP contribution is -2.34. The smallest absolute Gasteiger partial charge is 0.267 e. The van der Waals surface area contributed by atoms with Gasteiger partial charge in [0, 0.05) is 29.6 Å². The van der Waals surface area contributed by atoms with E-state index in [1.165, 1.54) is 0 Å². The molecule has 0 spiro atoms. The quantitative estimate of drug-likeness (QED) is 0.440. The van der Waals surface area contributed by atoms with Crippen LogP contribution in [0.3, 0.4) is 0 Å². The Morgan fingerprint density at radius 3 is 2.03 bits per heavy atom. The molecule has 0 atom stereocenters. The van der Waals surface area contributed by atoms with E-state index in [1.807, 2.05) is 72.8 Å². The fraction of sp³-hybridized carbons (Fsp3) is 0.0833. The number of amides is 2. The van der Waals surface area contributed by atoms with Crippen molar-refractivity contribution in [1.82, 2.24) is 15.6 Å². The predicted octanol–water partition coefficient (Wildman–Crippen LogP) is 3.99. The van der Waals surface area contributed by atoms with E-state index in [1.54, 1.807) is 12.1 Å². The Bertz CT molecular complexity index is 1100. The molecule has 0 aliphatic heterocycles. The molecule has 29 heavy (non-hydrogen) atoms. The highest BCUT2D eigenvalue weighted by atomic mass is 16.2. The monoisotopic (exact) mass is 383 g/mol. The molecule has 0 aliphatic rings. The van der Waals surface area contributed by atoms with Gasteiger partial charge in [0.2, 0.25) is 0 Å². The molecule has 0 saturated heterocycles. The van der Waals surface area contributed by atoms with Crippen molar-refractivity contribution in [3.8, 4) is 11.1 Å². The number of hydrogen-bond acceptors (Lipinski definition) is 2. The number of hydrogen-bond donors (Lipinski definition) is 3. The van der Waals surface area contributed by atoms with Gasteiger partial charge in [-0.15, -0.1) is 0 Å². The van der Waals surface area contributed by atoms with Crippen LogP contribution in [0.1, 0.15) is 20.8 Å². The van der Waals surface area contributed by atoms with E-state index in [0.717, 1.165) is 22.0 Å². The number of H-pyrrole nitrogens is 1. The van der Waals surface area contributed by atoms with Crippen LogP contribution in [-0.4, -0.2) is 29.9 Å². The number of aromatic nitrogens is 1. The molecule has 5 nitrogen and oxygen atoms in total. The summed E-state index contributed by atoms with van der Waals surface area (Å²) >= 11 is 0. The number of benzene rings is 3. The first-order valence-corrected chi connectivity index (χ1v) is 9.50. The third-order valence-electron chi connectivity index (χ3n) is 4.72. The first kappa shape index (κ1) is 18.5. The van der Waals surface area contributed by atoms with Crippen LogP contribution in [0.4, 0.5) is 0 Å². The second-order valence-electron chi connectivity index (χ2n) is 6.73. The van der Waals surface area contributed by atoms with Gasteiger partial charge in [-0.05, 0) is 35.4 Å². The fourth-order valence-corrected chi connectivity index (χ4v) is 3.19. The van der Waals surface area contributed by atoms with Gasteiger partial charge in [-0.25, -0.2) is 0 Å². The topological polar surface area (TPSA) is 74.0 Å². The highest BCUT2D eigenvalue weighted by molar-refractivity contribution is 5.98. The van der Waals surface area contributed by atoms with Gasteiger partial charge in [0.15, 0.2) is 0 Å². The van der Waals surface area contributed by atoms with Crippen molar-refractivity contribution < 1.29 is 9.59 Å². The summed E-state index contributed by atoms with van der Waals surface area (Å²) in [7, 11) is 0. The summed E-state index contributed by atoms with van der Waals surface area (Å²) < 4.78 is 0. The lowest BCUT2D eigenvalue weighted by molar-refractivity contribution is 0.0925. The average Bonchev–Trinajstić information content (AvgIpc) is 3.22. The lowest BCUT2D eigenvalue weighted by atomic mass is 10.0. The minimum Gasteiger partial charge on any atom is -0.351 e. The molecular formula is C24H21N3O2. The molecule has 0 unspecified atom stereocenters. The van der Waals surface area contributed by atoms with Crippen molar-refractivity contribution in [2.75, 3.05) is 13.1 Å². The Morgan fingerprint density at radius 2 is 1.31 bits per heavy atom. The van der Waals surface area contributed by atoms with Crippen LogP contribution in [0.25, 0.3) is 22.0 Å². The van der Waals surface area contributed by atoms with Gasteiger partial charge in [-0.2, -0.15) is 0 Å². The fourth-order valence-electron chi connectivity index (χ4n) is 3.19. The van der Waals surface area contributed by atoms with E-state index in [4.69, 9.17) is 0 Å². The molecule has 4 aromatic rings. The summed E-state index contributed by atoms with van der Waals surface area (Å²) in [6, 6.07) is 27.0. The Hall–Kier alpha value is -3.86. The van der Waals surface area contributed by atoms with Crippen LogP contribution < -0.4 is 10.6 Å². The summed E-state index contributed by atoms with van der Waals surface area (Å²) in [4.78, 5) is 27.6. The maximum absolute atomic E-state index is 12.3. The SMILES string of the molecule is O=C(NCCNC(=O)c1cc2ccccc2[nH]1)c1ccc(-c2ccccc2)cc1. The van der Waals surface area contributed by atoms with Crippen molar-refractivity contribution in [1.29, 1.82) is 0 Å². The molecule has 1 heterocycles. The Balaban J connectivity index is 1.27. The molecule has 3 aromatic carbocycles. The van der Waals surface area contributed by atoms with Crippen LogP contribution in [0.5, 0.6) is 0 Å². The van der Waals surface area contributed by atoms with Crippen molar-refractivity contribution in [2.45, 2.75) is 0 Å². The molecule has 2 amide bonds. The Labute approximate surface area is 168 Å². The molecule has 4 rings (SSSR count). The van der Waals surface area contributed by atoms with Gasteiger partial charge in [-0.3, -0.25) is 9.59 Å². The average molecular weight is 383 g/mol. The summed E-state index contributed by atoms with van der Waals surface area (Å²) in [5, 5.41) is 6.63. The number of carbonyl (C=O) groups excluding carboxylic acids is 2. The maximum atomic E-state index is 12.3. The molecule has 144 valence electrons. The number of rotatable bonds is 6. The molecule has 0 radical (unpaired) electrons. The van der Waals surface area contributed by atoms with Crippen molar-refractivity contribution in [3.63, 3.8) is 0 Å². The number of aromatic amines is 1. The predicted molar refractivity (Wildman–Crippen MR) is 115 cm³/mol. The normalized spacial score (nSPS) is 10.6. The zero-order valence-electron chi connectivity index (χ0n) is 15.8. The Kier molecular flexibility index (Phi) is 5.38. The van der Waals surface area contributed by atoms with Gasteiger partial charge >= 0.3 is 0 Å². The first-order chi connectivity index (χ1) is 14.2. The first-order valence-electron chi connectivity index (χ1n) is 9.50. The van der Waals surface area contributed by atoms with Gasteiger partial charge in [-0.1, -0.05) is 60.7 Å². The van der Waals surface area contributed by atoms with E-state index in [9.17, 15) is 9.59 Å². The highest BCUT2D eigenvalue weighted by Crippen LogP contribution is 2.19. The van der Waals surface area contributed by atoms with Crippen LogP contribution in [0.15, 0.2) is 84.9 Å². The van der Waals surface area contributed by atoms with E-state index in [2.05, 4.69) is 15.6 Å². The molecule has 3 N–H and O–H groups in total. The van der Waals surface area contributed by atoms with Gasteiger partial charge < -0.3 is 15.6 Å². The van der Waals surface area contributed by atoms with Crippen LogP contribution in [0.2, 0.25) is 0 Å². The van der Waals surface area contributed by atoms with Crippen LogP contribution >= 0.6 is 0 Å². The van der Waals surface area contributed by atoms with E-state index < -0.39 is 0 Å². The largest absolute Gasteiger partial charge is 0.351 e.